The summed E-state index contributed by atoms with van der Waals surface area (Å²) in [5.41, 5.74) is 1.85. The molecule has 3 unspecified atom stereocenters. The van der Waals surface area contributed by atoms with Crippen molar-refractivity contribution in [3.05, 3.63) is 88.7 Å². The predicted octanol–water partition coefficient (Wildman–Crippen LogP) is 5.27. The summed E-state index contributed by atoms with van der Waals surface area (Å²) >= 11 is 5.97. The normalized spacial score (nSPS) is 22.2. The van der Waals surface area contributed by atoms with E-state index in [9.17, 15) is 28.4 Å². The number of aromatic nitrogens is 2. The maximum atomic E-state index is 15.7. The minimum absolute atomic E-state index is 0.0106. The van der Waals surface area contributed by atoms with Gasteiger partial charge in [0, 0.05) is 67.9 Å². The van der Waals surface area contributed by atoms with E-state index in [0.29, 0.717) is 58.5 Å². The molecule has 0 aliphatic carbocycles. The number of benzene rings is 3. The Morgan fingerprint density at radius 3 is 2.44 bits per heavy atom. The lowest BCUT2D eigenvalue weighted by Crippen LogP contribution is -2.63. The van der Waals surface area contributed by atoms with Gasteiger partial charge in [-0.2, -0.15) is 0 Å². The summed E-state index contributed by atoms with van der Waals surface area (Å²) in [4.78, 5) is 80.4. The zero-order valence-electron chi connectivity index (χ0n) is 33.8. The van der Waals surface area contributed by atoms with Crippen LogP contribution in [0.5, 0.6) is 5.75 Å². The fraction of sp³-hybridized carbons (Fsp3) is 0.386. The number of carbonyl (C=O) groups is 5. The number of nitrogens with zero attached hydrogens (tertiary/aromatic N) is 6. The molecule has 0 spiro atoms. The van der Waals surface area contributed by atoms with Gasteiger partial charge in [0.25, 0.3) is 11.8 Å². The van der Waals surface area contributed by atoms with E-state index in [0.717, 1.165) is 62.8 Å². The zero-order chi connectivity index (χ0) is 43.2. The number of imide groups is 2. The molecule has 0 saturated carbocycles. The van der Waals surface area contributed by atoms with Gasteiger partial charge in [0.1, 0.15) is 35.6 Å². The van der Waals surface area contributed by atoms with E-state index in [-0.39, 0.29) is 47.0 Å². The Morgan fingerprint density at radius 1 is 0.935 bits per heavy atom. The Morgan fingerprint density at radius 2 is 1.71 bits per heavy atom. The highest BCUT2D eigenvalue weighted by Crippen LogP contribution is 2.39. The van der Waals surface area contributed by atoms with Gasteiger partial charge in [-0.25, -0.2) is 18.7 Å². The molecule has 322 valence electrons. The third-order valence-electron chi connectivity index (χ3n) is 12.7. The van der Waals surface area contributed by atoms with E-state index in [2.05, 4.69) is 35.7 Å². The number of hydrogen-bond donors (Lipinski definition) is 3. The maximum absolute atomic E-state index is 15.7. The Balaban J connectivity index is 0.767. The molecular weight excluding hydrogens is 824 g/mol. The zero-order valence-corrected chi connectivity index (χ0v) is 34.6. The van der Waals surface area contributed by atoms with Crippen LogP contribution in [-0.2, 0) is 14.4 Å². The monoisotopic (exact) mass is 867 g/mol. The third-order valence-corrected chi connectivity index (χ3v) is 13.0. The number of piperidine rings is 4. The molecule has 3 aromatic carbocycles. The number of nitrogens with one attached hydrogen (secondary N) is 3. The van der Waals surface area contributed by atoms with Crippen molar-refractivity contribution in [1.29, 1.82) is 0 Å². The molecule has 4 aromatic rings. The highest BCUT2D eigenvalue weighted by atomic mass is 35.5. The van der Waals surface area contributed by atoms with Gasteiger partial charge in [-0.15, -0.1) is 0 Å². The molecule has 0 radical (unpaired) electrons. The molecule has 10 rings (SSSR count). The van der Waals surface area contributed by atoms with E-state index < -0.39 is 41.3 Å². The van der Waals surface area contributed by atoms with E-state index in [1.54, 1.807) is 18.2 Å². The van der Waals surface area contributed by atoms with Gasteiger partial charge in [0.05, 0.1) is 40.2 Å². The van der Waals surface area contributed by atoms with Crippen LogP contribution in [0.3, 0.4) is 0 Å². The van der Waals surface area contributed by atoms with Crippen molar-refractivity contribution >= 4 is 74.9 Å². The van der Waals surface area contributed by atoms with E-state index in [4.69, 9.17) is 16.3 Å². The quantitative estimate of drug-likeness (QED) is 0.132. The van der Waals surface area contributed by atoms with Gasteiger partial charge < -0.3 is 20.3 Å². The summed E-state index contributed by atoms with van der Waals surface area (Å²) in [6.07, 6.45) is 8.69. The lowest BCUT2D eigenvalue weighted by Gasteiger charge is -2.53. The first-order chi connectivity index (χ1) is 29.9. The molecular formula is C44H44ClF2N9O6. The third kappa shape index (κ3) is 8.07. The van der Waals surface area contributed by atoms with Gasteiger partial charge in [-0.05, 0) is 87.5 Å². The topological polar surface area (TPSA) is 169 Å². The number of fused-ring (bicyclic) bond motifs is 5. The second-order valence-electron chi connectivity index (χ2n) is 16.5. The maximum Gasteiger partial charge on any atom is 0.262 e. The fourth-order valence-electron chi connectivity index (χ4n) is 9.46. The lowest BCUT2D eigenvalue weighted by molar-refractivity contribution is -0.136. The number of anilines is 4. The van der Waals surface area contributed by atoms with Crippen molar-refractivity contribution in [3.8, 4) is 5.75 Å². The number of rotatable bonds is 11. The minimum atomic E-state index is -1.11. The van der Waals surface area contributed by atoms with Crippen LogP contribution in [0.2, 0.25) is 5.02 Å². The first-order valence-corrected chi connectivity index (χ1v) is 21.1. The van der Waals surface area contributed by atoms with E-state index in [1.165, 1.54) is 37.7 Å². The largest absolute Gasteiger partial charge is 0.494 e. The molecule has 62 heavy (non-hydrogen) atoms. The van der Waals surface area contributed by atoms with Gasteiger partial charge in [-0.3, -0.25) is 44.0 Å². The number of carbonyl (C=O) groups excluding carboxylic acids is 5. The van der Waals surface area contributed by atoms with Crippen molar-refractivity contribution < 1.29 is 37.5 Å². The van der Waals surface area contributed by atoms with Gasteiger partial charge in [0.15, 0.2) is 0 Å². The molecule has 2 bridgehead atoms. The first-order valence-electron chi connectivity index (χ1n) is 20.7. The van der Waals surface area contributed by atoms with Crippen molar-refractivity contribution in [2.24, 2.45) is 5.92 Å². The van der Waals surface area contributed by atoms with E-state index in [1.807, 2.05) is 11.0 Å². The Bertz CT molecular complexity index is 2530. The summed E-state index contributed by atoms with van der Waals surface area (Å²) in [5.74, 6) is -2.60. The Hall–Kier alpha value is -6.04. The minimum Gasteiger partial charge on any atom is -0.494 e. The van der Waals surface area contributed by atoms with Crippen LogP contribution in [0.4, 0.5) is 31.7 Å². The average molecular weight is 868 g/mol. The lowest BCUT2D eigenvalue weighted by atomic mass is 9.87. The molecule has 6 aliphatic heterocycles. The predicted molar refractivity (Wildman–Crippen MR) is 227 cm³/mol. The van der Waals surface area contributed by atoms with Crippen LogP contribution in [0, 0.1) is 17.6 Å². The molecule has 5 fully saturated rings. The van der Waals surface area contributed by atoms with Crippen molar-refractivity contribution in [2.45, 2.75) is 56.7 Å². The number of amides is 5. The summed E-state index contributed by atoms with van der Waals surface area (Å²) in [6.45, 7) is 4.71. The van der Waals surface area contributed by atoms with Crippen LogP contribution in [0.15, 0.2) is 60.9 Å². The highest BCUT2D eigenvalue weighted by molar-refractivity contribution is 6.31. The average Bonchev–Trinajstić information content (AvgIpc) is 3.49. The van der Waals surface area contributed by atoms with Crippen LogP contribution in [-0.4, -0.2) is 119 Å². The Kier molecular flexibility index (Phi) is 11.3. The summed E-state index contributed by atoms with van der Waals surface area (Å²) < 4.78 is 35.0. The smallest absolute Gasteiger partial charge is 0.262 e. The van der Waals surface area contributed by atoms with Gasteiger partial charge in [-0.1, -0.05) is 17.7 Å². The number of hydrogen-bond acceptors (Lipinski definition) is 12. The van der Waals surface area contributed by atoms with Crippen molar-refractivity contribution in [1.82, 2.24) is 30.0 Å². The van der Waals surface area contributed by atoms with Crippen molar-refractivity contribution in [2.75, 3.05) is 61.9 Å². The fourth-order valence-corrected chi connectivity index (χ4v) is 9.64. The second-order valence-corrected chi connectivity index (χ2v) is 16.9. The number of methoxy groups -OCH3 is 1. The molecule has 1 aromatic heterocycles. The number of likely N-dealkylation sites (tertiary alicyclic amines) is 1. The molecule has 6 aliphatic rings. The summed E-state index contributed by atoms with van der Waals surface area (Å²) in [6, 6.07) is 9.43. The van der Waals surface area contributed by atoms with Crippen LogP contribution in [0.1, 0.15) is 59.2 Å². The number of halogens is 3. The van der Waals surface area contributed by atoms with E-state index >= 15 is 4.39 Å². The standard InChI is InChI=1S/C44H44ClF2N9O6/c1-62-38-19-34-30(41(49-23-48-34)50-25-4-7-32(46)31(45)15-25)17-35(38)51-39(57)3-2-12-53-13-10-24(11-14-53)20-54-21-27-6-5-26(54)22-55(27)37-18-29-28(16-33(37)47)43(60)56(44(29)61)36-8-9-40(58)52-42(36)59/h2-4,7,15-19,23-24,26-27,36H,5-6,8-14,20-22H2,1H3,(H,51,57)(H,48,49,50)(H,52,58,59)/b3-2+. The number of ether oxygens (including phenoxy) is 1. The highest BCUT2D eigenvalue weighted by Gasteiger charge is 2.47. The second kappa shape index (κ2) is 17.0. The molecule has 3 atom stereocenters. The van der Waals surface area contributed by atoms with Gasteiger partial charge >= 0.3 is 0 Å². The summed E-state index contributed by atoms with van der Waals surface area (Å²) in [7, 11) is 1.51. The molecule has 5 saturated heterocycles. The van der Waals surface area contributed by atoms with Crippen LogP contribution in [0.25, 0.3) is 10.9 Å². The summed E-state index contributed by atoms with van der Waals surface area (Å²) in [5, 5.41) is 8.81. The Labute approximate surface area is 360 Å². The van der Waals surface area contributed by atoms with Crippen LogP contribution < -0.4 is 25.6 Å². The molecule has 7 heterocycles. The number of piperazine rings is 1. The molecule has 5 amide bonds. The van der Waals surface area contributed by atoms with Crippen molar-refractivity contribution in [3.63, 3.8) is 0 Å². The molecule has 15 nitrogen and oxygen atoms in total. The molecule has 18 heteroatoms. The molecule has 3 N–H and O–H groups in total. The van der Waals surface area contributed by atoms with Crippen LogP contribution >= 0.6 is 11.6 Å². The van der Waals surface area contributed by atoms with Gasteiger partial charge in [0.2, 0.25) is 17.7 Å². The SMILES string of the molecule is COc1cc2ncnc(Nc3ccc(F)c(Cl)c3)c2cc1NC(=O)/C=C/CN1CCC(CN2CC3CCC2CN3c2cc3c(cc2F)C(=O)N(C2CCC(=O)NC2=O)C3=O)CC1. The first kappa shape index (κ1) is 41.3.